The summed E-state index contributed by atoms with van der Waals surface area (Å²) in [7, 11) is 0. The lowest BCUT2D eigenvalue weighted by atomic mass is 10.0. The predicted molar refractivity (Wildman–Crippen MR) is 90.3 cm³/mol. The molecule has 0 saturated carbocycles. The number of rotatable bonds is 3. The first-order valence-corrected chi connectivity index (χ1v) is 8.39. The third-order valence-electron chi connectivity index (χ3n) is 4.01. The fourth-order valence-corrected chi connectivity index (χ4v) is 3.79. The van der Waals surface area contributed by atoms with Gasteiger partial charge in [0.2, 0.25) is 0 Å². The molecule has 1 aliphatic heterocycles. The van der Waals surface area contributed by atoms with Crippen molar-refractivity contribution in [2.45, 2.75) is 17.1 Å². The first-order chi connectivity index (χ1) is 10.8. The average molecular weight is 308 g/mol. The van der Waals surface area contributed by atoms with Crippen molar-refractivity contribution in [3.05, 3.63) is 65.4 Å². The van der Waals surface area contributed by atoms with Gasteiger partial charge in [-0.05, 0) is 35.7 Å². The smallest absolute Gasteiger partial charge is 0.268 e. The van der Waals surface area contributed by atoms with Crippen molar-refractivity contribution in [2.24, 2.45) is 0 Å². The highest BCUT2D eigenvalue weighted by Crippen LogP contribution is 2.30. The molecule has 0 atom stereocenters. The van der Waals surface area contributed by atoms with Crippen LogP contribution in [-0.2, 0) is 12.2 Å². The minimum absolute atomic E-state index is 0.0101. The molecule has 2 aromatic carbocycles. The van der Waals surface area contributed by atoms with Gasteiger partial charge in [0, 0.05) is 28.1 Å². The topological polar surface area (TPSA) is 44.9 Å². The van der Waals surface area contributed by atoms with Crippen molar-refractivity contribution >= 4 is 28.6 Å². The second-order valence-electron chi connectivity index (χ2n) is 5.47. The monoisotopic (exact) mass is 308 g/mol. The zero-order valence-corrected chi connectivity index (χ0v) is 12.9. The van der Waals surface area contributed by atoms with E-state index in [0.29, 0.717) is 0 Å². The van der Waals surface area contributed by atoms with E-state index in [9.17, 15) is 4.79 Å². The van der Waals surface area contributed by atoms with Crippen LogP contribution in [0, 0.1) is 0 Å². The Bertz CT molecular complexity index is 839. The van der Waals surface area contributed by atoms with Crippen molar-refractivity contribution in [1.29, 1.82) is 0 Å². The van der Waals surface area contributed by atoms with Gasteiger partial charge < -0.3 is 10.3 Å². The predicted octanol–water partition coefficient (Wildman–Crippen LogP) is 3.75. The highest BCUT2D eigenvalue weighted by Gasteiger charge is 2.21. The third kappa shape index (κ3) is 2.40. The molecule has 0 spiro atoms. The van der Waals surface area contributed by atoms with Gasteiger partial charge in [0.05, 0.1) is 0 Å². The molecule has 110 valence electrons. The fourth-order valence-electron chi connectivity index (χ4n) is 2.90. The van der Waals surface area contributed by atoms with Crippen molar-refractivity contribution in [3.8, 4) is 0 Å². The Kier molecular flexibility index (Phi) is 3.39. The first-order valence-electron chi connectivity index (χ1n) is 7.41. The van der Waals surface area contributed by atoms with Crippen LogP contribution in [0.5, 0.6) is 0 Å². The van der Waals surface area contributed by atoms with Gasteiger partial charge in [-0.25, -0.2) is 0 Å². The molecule has 0 bridgehead atoms. The quantitative estimate of drug-likeness (QED) is 0.724. The zero-order valence-electron chi connectivity index (χ0n) is 12.1. The minimum atomic E-state index is 0.0101. The number of benzene rings is 2. The van der Waals surface area contributed by atoms with Crippen LogP contribution in [0.1, 0.15) is 21.6 Å². The summed E-state index contributed by atoms with van der Waals surface area (Å²) in [6, 6.07) is 16.9. The van der Waals surface area contributed by atoms with Crippen molar-refractivity contribution in [1.82, 2.24) is 10.3 Å². The maximum absolute atomic E-state index is 11.9. The highest BCUT2D eigenvalue weighted by molar-refractivity contribution is 7.98. The number of hydrogen-bond donors (Lipinski definition) is 2. The third-order valence-corrected chi connectivity index (χ3v) is 5.08. The van der Waals surface area contributed by atoms with Gasteiger partial charge >= 0.3 is 0 Å². The van der Waals surface area contributed by atoms with Gasteiger partial charge in [-0.2, -0.15) is 0 Å². The first kappa shape index (κ1) is 13.5. The molecule has 2 N–H and O–H groups in total. The molecule has 22 heavy (non-hydrogen) atoms. The molecular formula is C18H16N2OS. The summed E-state index contributed by atoms with van der Waals surface area (Å²) in [6.45, 7) is 0.722. The molecule has 3 aromatic rings. The van der Waals surface area contributed by atoms with Gasteiger partial charge in [0.25, 0.3) is 5.91 Å². The van der Waals surface area contributed by atoms with Crippen LogP contribution in [0.4, 0.5) is 0 Å². The second-order valence-corrected chi connectivity index (χ2v) is 6.51. The standard InChI is InChI=1S/C18H16N2OS/c21-18-17-14(8-9-19-18)15-10-13(6-7-16(15)20-17)22-11-12-4-2-1-3-5-12/h1-7,10,20H,8-9,11H2,(H,19,21). The number of aromatic amines is 1. The van der Waals surface area contributed by atoms with E-state index in [4.69, 9.17) is 0 Å². The largest absolute Gasteiger partial charge is 0.350 e. The Morgan fingerprint density at radius 1 is 1.09 bits per heavy atom. The average Bonchev–Trinajstić information content (AvgIpc) is 2.94. The summed E-state index contributed by atoms with van der Waals surface area (Å²) in [4.78, 5) is 16.4. The molecule has 4 heteroatoms. The number of carbonyl (C=O) groups is 1. The lowest BCUT2D eigenvalue weighted by Crippen LogP contribution is -2.31. The second kappa shape index (κ2) is 5.54. The zero-order chi connectivity index (χ0) is 14.9. The summed E-state index contributed by atoms with van der Waals surface area (Å²) in [5.74, 6) is 0.968. The van der Waals surface area contributed by atoms with E-state index in [1.54, 1.807) is 0 Å². The van der Waals surface area contributed by atoms with E-state index in [1.165, 1.54) is 15.8 Å². The van der Waals surface area contributed by atoms with Crippen LogP contribution < -0.4 is 5.32 Å². The van der Waals surface area contributed by atoms with E-state index in [0.717, 1.165) is 35.5 Å². The normalized spacial score (nSPS) is 13.9. The molecule has 4 rings (SSSR count). The fraction of sp³-hybridized carbons (Fsp3) is 0.167. The molecule has 0 unspecified atom stereocenters. The van der Waals surface area contributed by atoms with E-state index in [-0.39, 0.29) is 5.91 Å². The van der Waals surface area contributed by atoms with E-state index < -0.39 is 0 Å². The Balaban J connectivity index is 1.64. The maximum Gasteiger partial charge on any atom is 0.268 e. The minimum Gasteiger partial charge on any atom is -0.350 e. The molecule has 1 aromatic heterocycles. The van der Waals surface area contributed by atoms with Crippen LogP contribution in [0.15, 0.2) is 53.4 Å². The summed E-state index contributed by atoms with van der Waals surface area (Å²) in [5.41, 5.74) is 4.25. The van der Waals surface area contributed by atoms with Gasteiger partial charge in [-0.15, -0.1) is 11.8 Å². The van der Waals surface area contributed by atoms with Crippen molar-refractivity contribution in [2.75, 3.05) is 6.54 Å². The molecule has 3 nitrogen and oxygen atoms in total. The van der Waals surface area contributed by atoms with Crippen LogP contribution >= 0.6 is 11.8 Å². The van der Waals surface area contributed by atoms with Crippen LogP contribution in [0.25, 0.3) is 10.9 Å². The van der Waals surface area contributed by atoms with Crippen molar-refractivity contribution in [3.63, 3.8) is 0 Å². The van der Waals surface area contributed by atoms with Gasteiger partial charge in [-0.1, -0.05) is 30.3 Å². The van der Waals surface area contributed by atoms with E-state index in [2.05, 4.69) is 52.8 Å². The Hall–Kier alpha value is -2.20. The molecule has 0 radical (unpaired) electrons. The van der Waals surface area contributed by atoms with Crippen molar-refractivity contribution < 1.29 is 4.79 Å². The summed E-state index contributed by atoms with van der Waals surface area (Å²) in [6.07, 6.45) is 0.897. The molecule has 1 aliphatic rings. The van der Waals surface area contributed by atoms with Gasteiger partial charge in [0.1, 0.15) is 5.69 Å². The maximum atomic E-state index is 11.9. The van der Waals surface area contributed by atoms with E-state index >= 15 is 0 Å². The number of nitrogens with one attached hydrogen (secondary N) is 2. The Morgan fingerprint density at radius 3 is 2.82 bits per heavy atom. The number of H-pyrrole nitrogens is 1. The van der Waals surface area contributed by atoms with Crippen LogP contribution in [0.2, 0.25) is 0 Å². The Morgan fingerprint density at radius 2 is 1.95 bits per heavy atom. The Labute approximate surface area is 133 Å². The number of aromatic nitrogens is 1. The molecule has 0 saturated heterocycles. The molecule has 2 heterocycles. The number of hydrogen-bond acceptors (Lipinski definition) is 2. The lowest BCUT2D eigenvalue weighted by molar-refractivity contribution is 0.0942. The molecule has 0 aliphatic carbocycles. The van der Waals surface area contributed by atoms with Gasteiger partial charge in [0.15, 0.2) is 0 Å². The number of carbonyl (C=O) groups excluding carboxylic acids is 1. The number of fused-ring (bicyclic) bond motifs is 3. The lowest BCUT2D eigenvalue weighted by Gasteiger charge is -2.12. The SMILES string of the molecule is O=C1NCCc2c1[nH]c1ccc(SCc3ccccc3)cc21. The number of amides is 1. The highest BCUT2D eigenvalue weighted by atomic mass is 32.2. The van der Waals surface area contributed by atoms with Crippen LogP contribution in [0.3, 0.4) is 0 Å². The van der Waals surface area contributed by atoms with Gasteiger partial charge in [-0.3, -0.25) is 4.79 Å². The number of thioether (sulfide) groups is 1. The van der Waals surface area contributed by atoms with Crippen LogP contribution in [-0.4, -0.2) is 17.4 Å². The molecular weight excluding hydrogens is 292 g/mol. The van der Waals surface area contributed by atoms with E-state index in [1.807, 2.05) is 17.8 Å². The summed E-state index contributed by atoms with van der Waals surface area (Å²) < 4.78 is 0. The molecule has 0 fully saturated rings. The summed E-state index contributed by atoms with van der Waals surface area (Å²) >= 11 is 1.83. The molecule has 1 amide bonds. The summed E-state index contributed by atoms with van der Waals surface area (Å²) in [5, 5.41) is 4.07.